The summed E-state index contributed by atoms with van der Waals surface area (Å²) in [6.45, 7) is 2.48. The number of aromatic nitrogens is 4. The molecule has 0 unspecified atom stereocenters. The van der Waals surface area contributed by atoms with E-state index in [2.05, 4.69) is 25.5 Å². The number of esters is 1. The van der Waals surface area contributed by atoms with Gasteiger partial charge < -0.3 is 15.0 Å². The van der Waals surface area contributed by atoms with Crippen molar-refractivity contribution in [1.82, 2.24) is 20.2 Å². The Morgan fingerprint density at radius 2 is 2.03 bits per heavy atom. The van der Waals surface area contributed by atoms with Gasteiger partial charge >= 0.3 is 12.1 Å². The highest BCUT2D eigenvalue weighted by Gasteiger charge is 2.36. The second kappa shape index (κ2) is 9.08. The van der Waals surface area contributed by atoms with Gasteiger partial charge in [0.25, 0.3) is 0 Å². The zero-order chi connectivity index (χ0) is 23.6. The number of aryl methyl sites for hydroxylation is 1. The van der Waals surface area contributed by atoms with Crippen molar-refractivity contribution in [2.75, 3.05) is 30.4 Å². The largest absolute Gasteiger partial charge is 0.469 e. The molecular formula is C22H23F3N6O2. The number of benzene rings is 1. The smallest absolute Gasteiger partial charge is 0.416 e. The third-order valence-electron chi connectivity index (χ3n) is 5.56. The molecule has 2 N–H and O–H groups in total. The van der Waals surface area contributed by atoms with Crippen molar-refractivity contribution in [1.29, 1.82) is 0 Å². The molecule has 1 fully saturated rings. The predicted octanol–water partition coefficient (Wildman–Crippen LogP) is 4.05. The average molecular weight is 460 g/mol. The van der Waals surface area contributed by atoms with Crippen LogP contribution in [0.1, 0.15) is 29.2 Å². The summed E-state index contributed by atoms with van der Waals surface area (Å²) in [4.78, 5) is 23.3. The van der Waals surface area contributed by atoms with E-state index in [4.69, 9.17) is 4.74 Å². The minimum Gasteiger partial charge on any atom is -0.469 e. The topological polar surface area (TPSA) is 96.0 Å². The van der Waals surface area contributed by atoms with Gasteiger partial charge in [0, 0.05) is 36.8 Å². The summed E-state index contributed by atoms with van der Waals surface area (Å²) < 4.78 is 44.7. The molecule has 3 aromatic rings. The van der Waals surface area contributed by atoms with E-state index < -0.39 is 23.6 Å². The number of alkyl halides is 3. The molecule has 0 aliphatic carbocycles. The normalized spacial score (nSPS) is 18.8. The molecule has 3 heterocycles. The Balaban J connectivity index is 1.65. The number of hydrogen-bond donors (Lipinski definition) is 2. The lowest BCUT2D eigenvalue weighted by atomic mass is 9.84. The summed E-state index contributed by atoms with van der Waals surface area (Å²) in [7, 11) is 1.30. The van der Waals surface area contributed by atoms with E-state index in [9.17, 15) is 18.0 Å². The Kier molecular flexibility index (Phi) is 6.21. The van der Waals surface area contributed by atoms with Gasteiger partial charge in [-0.2, -0.15) is 23.3 Å². The van der Waals surface area contributed by atoms with Crippen LogP contribution in [0.25, 0.3) is 0 Å². The quantitative estimate of drug-likeness (QED) is 0.555. The Bertz CT molecular complexity index is 1120. The number of carbonyl (C=O) groups excluding carboxylic acids is 1. The van der Waals surface area contributed by atoms with E-state index >= 15 is 0 Å². The molecule has 0 spiro atoms. The Hall–Kier alpha value is -3.63. The van der Waals surface area contributed by atoms with Gasteiger partial charge in [0.1, 0.15) is 11.6 Å². The molecule has 2 atom stereocenters. The maximum atomic E-state index is 13.3. The maximum Gasteiger partial charge on any atom is 0.416 e. The number of aromatic amines is 1. The highest BCUT2D eigenvalue weighted by Crippen LogP contribution is 2.36. The van der Waals surface area contributed by atoms with Gasteiger partial charge in [0.2, 0.25) is 5.95 Å². The summed E-state index contributed by atoms with van der Waals surface area (Å²) in [6.07, 6.45) is -2.48. The molecule has 1 aliphatic rings. The highest BCUT2D eigenvalue weighted by molar-refractivity contribution is 5.73. The van der Waals surface area contributed by atoms with Gasteiger partial charge in [0.15, 0.2) is 0 Å². The molecule has 8 nitrogen and oxygen atoms in total. The Morgan fingerprint density at radius 1 is 1.21 bits per heavy atom. The molecule has 0 radical (unpaired) electrons. The standard InChI is InChI=1S/C22H23F3N6O2/c1-13-8-19(28-18-6-7-26-30-18)29-21(27-13)31-11-15(9-16(12-31)20(32)33-2)14-4-3-5-17(10-14)22(23,24)25/h3-8,10,15-16H,9,11-12H2,1-2H3,(H2,26,27,28,29,30)/t15-,16+/m1/s1. The Labute approximate surface area is 188 Å². The number of piperidine rings is 1. The molecule has 0 saturated carbocycles. The summed E-state index contributed by atoms with van der Waals surface area (Å²) >= 11 is 0. The van der Waals surface area contributed by atoms with Crippen LogP contribution >= 0.6 is 0 Å². The van der Waals surface area contributed by atoms with Crippen molar-refractivity contribution >= 4 is 23.6 Å². The third-order valence-corrected chi connectivity index (χ3v) is 5.56. The number of hydrogen-bond acceptors (Lipinski definition) is 7. The SMILES string of the molecule is COC(=O)[C@H]1C[C@@H](c2cccc(C(F)(F)F)c2)CN(c2nc(C)cc(Nc3ccn[nH]3)n2)C1. The van der Waals surface area contributed by atoms with Crippen LogP contribution in [-0.4, -0.2) is 46.3 Å². The Morgan fingerprint density at radius 3 is 2.73 bits per heavy atom. The summed E-state index contributed by atoms with van der Waals surface area (Å²) in [5, 5.41) is 9.78. The number of H-pyrrole nitrogens is 1. The molecule has 33 heavy (non-hydrogen) atoms. The van der Waals surface area contributed by atoms with Gasteiger partial charge in [-0.15, -0.1) is 0 Å². The van der Waals surface area contributed by atoms with E-state index in [0.29, 0.717) is 48.4 Å². The lowest BCUT2D eigenvalue weighted by Crippen LogP contribution is -2.43. The van der Waals surface area contributed by atoms with Gasteiger partial charge in [-0.3, -0.25) is 9.89 Å². The summed E-state index contributed by atoms with van der Waals surface area (Å²) in [5.41, 5.74) is 0.481. The van der Waals surface area contributed by atoms with E-state index in [-0.39, 0.29) is 5.92 Å². The van der Waals surface area contributed by atoms with Crippen LogP contribution < -0.4 is 10.2 Å². The second-order valence-electron chi connectivity index (χ2n) is 7.97. The number of rotatable bonds is 5. The van der Waals surface area contributed by atoms with Crippen molar-refractivity contribution in [2.24, 2.45) is 5.92 Å². The molecule has 2 aromatic heterocycles. The number of carbonyl (C=O) groups is 1. The lowest BCUT2D eigenvalue weighted by Gasteiger charge is -2.37. The average Bonchev–Trinajstić information content (AvgIpc) is 3.30. The fraction of sp³-hybridized carbons (Fsp3) is 0.364. The number of ether oxygens (including phenoxy) is 1. The molecular weight excluding hydrogens is 437 g/mol. The molecule has 11 heteroatoms. The number of nitrogens with zero attached hydrogens (tertiary/aromatic N) is 4. The van der Waals surface area contributed by atoms with Gasteiger partial charge in [-0.25, -0.2) is 4.98 Å². The monoisotopic (exact) mass is 460 g/mol. The first kappa shape index (κ1) is 22.6. The zero-order valence-corrected chi connectivity index (χ0v) is 18.1. The number of halogens is 3. The van der Waals surface area contributed by atoms with Crippen molar-refractivity contribution in [3.8, 4) is 0 Å². The van der Waals surface area contributed by atoms with Crippen molar-refractivity contribution in [3.63, 3.8) is 0 Å². The number of methoxy groups -OCH3 is 1. The minimum absolute atomic E-state index is 0.301. The van der Waals surface area contributed by atoms with Crippen molar-refractivity contribution in [3.05, 3.63) is 59.4 Å². The summed E-state index contributed by atoms with van der Waals surface area (Å²) in [6, 6.07) is 8.73. The minimum atomic E-state index is -4.45. The van der Waals surface area contributed by atoms with Crippen LogP contribution in [0.3, 0.4) is 0 Å². The van der Waals surface area contributed by atoms with Crippen molar-refractivity contribution in [2.45, 2.75) is 25.4 Å². The molecule has 1 aliphatic heterocycles. The molecule has 0 amide bonds. The van der Waals surface area contributed by atoms with E-state index in [0.717, 1.165) is 12.1 Å². The molecule has 174 valence electrons. The zero-order valence-electron chi connectivity index (χ0n) is 18.1. The van der Waals surface area contributed by atoms with Crippen LogP contribution in [0.4, 0.5) is 30.8 Å². The van der Waals surface area contributed by atoms with Gasteiger partial charge in [-0.05, 0) is 25.0 Å². The predicted molar refractivity (Wildman–Crippen MR) is 115 cm³/mol. The van der Waals surface area contributed by atoms with E-state index in [1.54, 1.807) is 24.4 Å². The number of anilines is 3. The van der Waals surface area contributed by atoms with Crippen LogP contribution in [0.5, 0.6) is 0 Å². The van der Waals surface area contributed by atoms with Gasteiger partial charge in [-0.1, -0.05) is 18.2 Å². The summed E-state index contributed by atoms with van der Waals surface area (Å²) in [5.74, 6) is 0.266. The highest BCUT2D eigenvalue weighted by atomic mass is 19.4. The fourth-order valence-corrected chi connectivity index (χ4v) is 4.03. The third kappa shape index (κ3) is 5.24. The van der Waals surface area contributed by atoms with Crippen LogP contribution in [0, 0.1) is 12.8 Å². The molecule has 1 saturated heterocycles. The second-order valence-corrected chi connectivity index (χ2v) is 7.97. The fourth-order valence-electron chi connectivity index (χ4n) is 4.03. The van der Waals surface area contributed by atoms with Crippen LogP contribution in [0.15, 0.2) is 42.6 Å². The lowest BCUT2D eigenvalue weighted by molar-refractivity contribution is -0.146. The molecule has 4 rings (SSSR count). The van der Waals surface area contributed by atoms with E-state index in [1.165, 1.54) is 13.2 Å². The van der Waals surface area contributed by atoms with Crippen molar-refractivity contribution < 1.29 is 22.7 Å². The first-order chi connectivity index (χ1) is 15.7. The first-order valence-corrected chi connectivity index (χ1v) is 10.3. The van der Waals surface area contributed by atoms with Crippen LogP contribution in [-0.2, 0) is 15.7 Å². The number of nitrogens with one attached hydrogen (secondary N) is 2. The maximum absolute atomic E-state index is 13.3. The first-order valence-electron chi connectivity index (χ1n) is 10.3. The van der Waals surface area contributed by atoms with Crippen LogP contribution in [0.2, 0.25) is 0 Å². The van der Waals surface area contributed by atoms with Gasteiger partial charge in [0.05, 0.1) is 24.8 Å². The molecule has 0 bridgehead atoms. The molecule has 1 aromatic carbocycles. The van der Waals surface area contributed by atoms with E-state index in [1.807, 2.05) is 11.8 Å².